The Kier molecular flexibility index (Phi) is 26.6. The first-order chi connectivity index (χ1) is 23.6. The topological polar surface area (TPSA) is 180 Å². The van der Waals surface area contributed by atoms with Gasteiger partial charge in [-0.05, 0) is 12.8 Å². The number of carbonyl (C=O) groups excluding carboxylic acids is 2. The number of unbranched alkanes of at least 4 members (excludes halogenated alkanes) is 23. The van der Waals surface area contributed by atoms with Gasteiger partial charge in [0.25, 0.3) is 0 Å². The molecular weight excluding hydrogens is 622 g/mol. The molecule has 1 amide bonds. The van der Waals surface area contributed by atoms with Crippen molar-refractivity contribution < 1.29 is 34.8 Å². The van der Waals surface area contributed by atoms with Crippen LogP contribution in [0.4, 0.5) is 0 Å². The minimum atomic E-state index is -2.13. The Hall–Kier alpha value is -1.14. The molecule has 10 heteroatoms. The summed E-state index contributed by atoms with van der Waals surface area (Å²) in [6, 6.07) is -1.18. The van der Waals surface area contributed by atoms with Crippen LogP contribution in [-0.2, 0) is 14.3 Å². The van der Waals surface area contributed by atoms with Gasteiger partial charge in [-0.3, -0.25) is 20.2 Å². The number of aliphatic hydroxyl groups excluding tert-OH is 4. The third-order valence-electron chi connectivity index (χ3n) is 10.3. The molecule has 8 N–H and O–H groups in total. The molecule has 0 aromatic carbocycles. The van der Waals surface area contributed by atoms with Gasteiger partial charge in [-0.1, -0.05) is 162 Å². The highest BCUT2D eigenvalue weighted by molar-refractivity contribution is 5.84. The highest BCUT2D eigenvalue weighted by Crippen LogP contribution is 2.32. The third kappa shape index (κ3) is 18.8. The summed E-state index contributed by atoms with van der Waals surface area (Å²) < 4.78 is 5.95. The maximum Gasteiger partial charge on any atom is 0.227 e. The molecule has 1 rings (SSSR count). The van der Waals surface area contributed by atoms with Gasteiger partial charge in [0.15, 0.2) is 5.78 Å². The van der Waals surface area contributed by atoms with Crippen LogP contribution in [0.1, 0.15) is 187 Å². The van der Waals surface area contributed by atoms with Crippen LogP contribution < -0.4 is 11.5 Å². The maximum atomic E-state index is 13.7. The molecule has 0 saturated carbocycles. The largest absolute Gasteiger partial charge is 0.394 e. The molecule has 1 heterocycles. The van der Waals surface area contributed by atoms with E-state index in [-0.39, 0.29) is 18.9 Å². The molecule has 1 aliphatic rings. The molecule has 49 heavy (non-hydrogen) atoms. The highest BCUT2D eigenvalue weighted by Gasteiger charge is 2.56. The van der Waals surface area contributed by atoms with E-state index in [1.54, 1.807) is 0 Å². The maximum absolute atomic E-state index is 13.7. The normalized spacial score (nSPS) is 23.1. The van der Waals surface area contributed by atoms with E-state index in [2.05, 4.69) is 13.8 Å². The lowest BCUT2D eigenvalue weighted by atomic mass is 9.90. The predicted octanol–water partition coefficient (Wildman–Crippen LogP) is 6.37. The SMILES string of the molecule is CCCCCCCCCCCCCCCCCCN(C(=O)CCCCCCCCCCC)[C@]1(N)O[C@H](CC(=O)[C@@H](N)CO)[C@@H](O)[C@H](O)[C@H]1O. The van der Waals surface area contributed by atoms with Crippen molar-refractivity contribution in [3.05, 3.63) is 0 Å². The molecule has 0 aliphatic carbocycles. The third-order valence-corrected chi connectivity index (χ3v) is 10.3. The number of hydrogen-bond donors (Lipinski definition) is 6. The molecule has 0 unspecified atom stereocenters. The second-order valence-corrected chi connectivity index (χ2v) is 14.7. The smallest absolute Gasteiger partial charge is 0.227 e. The average Bonchev–Trinajstić information content (AvgIpc) is 3.09. The second-order valence-electron chi connectivity index (χ2n) is 14.7. The van der Waals surface area contributed by atoms with Gasteiger partial charge in [-0.2, -0.15) is 0 Å². The van der Waals surface area contributed by atoms with Crippen LogP contribution in [-0.4, -0.2) is 86.5 Å². The number of carbonyl (C=O) groups is 2. The Labute approximate surface area is 299 Å². The number of Topliss-reactive ketones (excluding diaryl/α,β-unsaturated/α-hetero) is 1. The van der Waals surface area contributed by atoms with E-state index in [0.29, 0.717) is 12.8 Å². The van der Waals surface area contributed by atoms with Crippen molar-refractivity contribution >= 4 is 11.7 Å². The first kappa shape index (κ1) is 45.9. The number of nitrogens with two attached hydrogens (primary N) is 2. The molecule has 1 fully saturated rings. The molecule has 6 atom stereocenters. The van der Waals surface area contributed by atoms with Gasteiger partial charge in [0.1, 0.15) is 18.3 Å². The van der Waals surface area contributed by atoms with Crippen molar-refractivity contribution in [1.29, 1.82) is 0 Å². The van der Waals surface area contributed by atoms with E-state index >= 15 is 0 Å². The van der Waals surface area contributed by atoms with Crippen molar-refractivity contribution in [2.75, 3.05) is 13.2 Å². The van der Waals surface area contributed by atoms with Crippen LogP contribution in [0.25, 0.3) is 0 Å². The molecule has 0 aromatic rings. The number of nitrogens with zero attached hydrogens (tertiary/aromatic N) is 1. The Balaban J connectivity index is 2.63. The number of ketones is 1. The first-order valence-corrected chi connectivity index (χ1v) is 20.3. The summed E-state index contributed by atoms with van der Waals surface area (Å²) in [4.78, 5) is 27.5. The minimum Gasteiger partial charge on any atom is -0.394 e. The summed E-state index contributed by atoms with van der Waals surface area (Å²) in [6.07, 6.45) is 22.9. The molecule has 0 radical (unpaired) electrons. The van der Waals surface area contributed by atoms with Gasteiger partial charge in [-0.15, -0.1) is 0 Å². The number of aliphatic hydroxyl groups is 4. The van der Waals surface area contributed by atoms with Crippen molar-refractivity contribution in [2.45, 2.75) is 224 Å². The van der Waals surface area contributed by atoms with Crippen LogP contribution in [0.15, 0.2) is 0 Å². The highest BCUT2D eigenvalue weighted by atomic mass is 16.6. The van der Waals surface area contributed by atoms with E-state index in [9.17, 15) is 30.0 Å². The summed E-state index contributed by atoms with van der Waals surface area (Å²) in [5, 5.41) is 41.7. The Morgan fingerprint density at radius 2 is 1.04 bits per heavy atom. The lowest BCUT2D eigenvalue weighted by Gasteiger charge is -2.51. The summed E-state index contributed by atoms with van der Waals surface area (Å²) in [5.74, 6) is -2.99. The molecule has 1 saturated heterocycles. The van der Waals surface area contributed by atoms with Crippen molar-refractivity contribution in [1.82, 2.24) is 4.90 Å². The van der Waals surface area contributed by atoms with Gasteiger partial charge in [0.05, 0.1) is 18.8 Å². The summed E-state index contributed by atoms with van der Waals surface area (Å²) in [5.41, 5.74) is 12.3. The molecule has 0 bridgehead atoms. The summed E-state index contributed by atoms with van der Waals surface area (Å²) in [6.45, 7) is 4.11. The fourth-order valence-corrected chi connectivity index (χ4v) is 6.90. The Morgan fingerprint density at radius 3 is 1.45 bits per heavy atom. The zero-order chi connectivity index (χ0) is 36.3. The van der Waals surface area contributed by atoms with E-state index < -0.39 is 55.1 Å². The number of hydrogen-bond acceptors (Lipinski definition) is 9. The Morgan fingerprint density at radius 1 is 0.653 bits per heavy atom. The summed E-state index contributed by atoms with van der Waals surface area (Å²) in [7, 11) is 0. The zero-order valence-corrected chi connectivity index (χ0v) is 31.5. The zero-order valence-electron chi connectivity index (χ0n) is 31.5. The lowest BCUT2D eigenvalue weighted by Crippen LogP contribution is -2.76. The second kappa shape index (κ2) is 28.4. The van der Waals surface area contributed by atoms with Gasteiger partial charge >= 0.3 is 0 Å². The summed E-state index contributed by atoms with van der Waals surface area (Å²) >= 11 is 0. The minimum absolute atomic E-state index is 0.224. The number of rotatable bonds is 32. The van der Waals surface area contributed by atoms with E-state index in [1.807, 2.05) is 0 Å². The fourth-order valence-electron chi connectivity index (χ4n) is 6.90. The average molecular weight is 700 g/mol. The van der Waals surface area contributed by atoms with Crippen molar-refractivity contribution in [2.24, 2.45) is 11.5 Å². The Bertz CT molecular complexity index is 834. The van der Waals surface area contributed by atoms with Crippen LogP contribution >= 0.6 is 0 Å². The van der Waals surface area contributed by atoms with E-state index in [4.69, 9.17) is 16.2 Å². The van der Waals surface area contributed by atoms with Gasteiger partial charge < -0.3 is 30.9 Å². The molecule has 0 aromatic heterocycles. The van der Waals surface area contributed by atoms with Crippen LogP contribution in [0, 0.1) is 0 Å². The van der Waals surface area contributed by atoms with Gasteiger partial charge in [-0.25, -0.2) is 0 Å². The standard InChI is InChI=1S/C39H77N3O7/c1-3-5-7-9-11-13-14-15-16-17-18-19-21-23-25-27-29-42(35(45)28-26-24-22-20-12-10-8-6-4-2)39(41)38(48)37(47)36(46)34(49-39)30-33(44)32(40)31-43/h32,34,36-38,43,46-48H,3-31,40-41H2,1-2H3/t32-,34+,36+,37-,38+,39-/m0/s1. The van der Waals surface area contributed by atoms with Crippen LogP contribution in [0.5, 0.6) is 0 Å². The van der Waals surface area contributed by atoms with Crippen LogP contribution in [0.2, 0.25) is 0 Å². The van der Waals surface area contributed by atoms with E-state index in [0.717, 1.165) is 38.5 Å². The fraction of sp³-hybridized carbons (Fsp3) is 0.949. The monoisotopic (exact) mass is 700 g/mol. The lowest BCUT2D eigenvalue weighted by molar-refractivity contribution is -0.309. The first-order valence-electron chi connectivity index (χ1n) is 20.3. The van der Waals surface area contributed by atoms with Crippen LogP contribution in [0.3, 0.4) is 0 Å². The number of ether oxygens (including phenoxy) is 1. The van der Waals surface area contributed by atoms with Gasteiger partial charge in [0.2, 0.25) is 11.8 Å². The molecule has 10 nitrogen and oxygen atoms in total. The van der Waals surface area contributed by atoms with E-state index in [1.165, 1.54) is 114 Å². The van der Waals surface area contributed by atoms with Crippen molar-refractivity contribution in [3.63, 3.8) is 0 Å². The quantitative estimate of drug-likeness (QED) is 0.0344. The molecule has 0 spiro atoms. The van der Waals surface area contributed by atoms with Crippen molar-refractivity contribution in [3.8, 4) is 0 Å². The molecule has 1 aliphatic heterocycles. The predicted molar refractivity (Wildman–Crippen MR) is 198 cm³/mol. The number of amides is 1. The molecular formula is C39H77N3O7. The van der Waals surface area contributed by atoms with Gasteiger partial charge in [0, 0.05) is 19.4 Å². The molecule has 290 valence electrons.